The molecule has 1 saturated carbocycles. The molecule has 1 fully saturated rings. The van der Waals surface area contributed by atoms with E-state index < -0.39 is 0 Å². The molecule has 1 aliphatic carbocycles. The summed E-state index contributed by atoms with van der Waals surface area (Å²) in [6, 6.07) is 5.30. The molecule has 0 aliphatic heterocycles. The molecule has 1 atom stereocenters. The van der Waals surface area contributed by atoms with E-state index in [2.05, 4.69) is 13.8 Å². The van der Waals surface area contributed by atoms with Gasteiger partial charge in [-0.1, -0.05) is 43.5 Å². The molecule has 2 rings (SSSR count). The van der Waals surface area contributed by atoms with Crippen molar-refractivity contribution < 1.29 is 4.79 Å². The lowest BCUT2D eigenvalue weighted by Gasteiger charge is -2.25. The average Bonchev–Trinajstić information content (AvgIpc) is 2.63. The molecule has 0 radical (unpaired) electrons. The normalized spacial score (nSPS) is 22.1. The van der Waals surface area contributed by atoms with E-state index >= 15 is 0 Å². The third kappa shape index (κ3) is 2.89. The lowest BCUT2D eigenvalue weighted by molar-refractivity contribution is -0.124. The Bertz CT molecular complexity index is 466. The second-order valence-electron chi connectivity index (χ2n) is 5.81. The minimum atomic E-state index is 0.127. The number of Topliss-reactive ketones (excluding diaryl/α,β-unsaturated/α-hetero) is 1. The van der Waals surface area contributed by atoms with Gasteiger partial charge in [0, 0.05) is 22.4 Å². The number of halogens is 2. The largest absolute Gasteiger partial charge is 0.299 e. The Kier molecular flexibility index (Phi) is 4.03. The van der Waals surface area contributed by atoms with Crippen molar-refractivity contribution >= 4 is 29.0 Å². The summed E-state index contributed by atoms with van der Waals surface area (Å²) in [7, 11) is 0. The van der Waals surface area contributed by atoms with E-state index in [9.17, 15) is 4.79 Å². The van der Waals surface area contributed by atoms with E-state index in [4.69, 9.17) is 23.2 Å². The lowest BCUT2D eigenvalue weighted by atomic mass is 9.78. The van der Waals surface area contributed by atoms with Gasteiger partial charge in [0.05, 0.1) is 0 Å². The van der Waals surface area contributed by atoms with Gasteiger partial charge < -0.3 is 0 Å². The molecular weight excluding hydrogens is 267 g/mol. The van der Waals surface area contributed by atoms with Crippen LogP contribution in [0.25, 0.3) is 0 Å². The second-order valence-corrected chi connectivity index (χ2v) is 6.66. The zero-order valence-corrected chi connectivity index (χ0v) is 12.3. The molecule has 1 aromatic carbocycles. The SMILES string of the molecule is CC1(C)CCCC1C(=O)Cc1cc(Cl)ccc1Cl. The third-order valence-electron chi connectivity index (χ3n) is 4.02. The summed E-state index contributed by atoms with van der Waals surface area (Å²) in [5, 5.41) is 1.26. The van der Waals surface area contributed by atoms with Crippen molar-refractivity contribution in [3.05, 3.63) is 33.8 Å². The number of carbonyl (C=O) groups is 1. The van der Waals surface area contributed by atoms with E-state index in [0.29, 0.717) is 22.2 Å². The second kappa shape index (κ2) is 5.22. The van der Waals surface area contributed by atoms with Crippen LogP contribution < -0.4 is 0 Å². The molecule has 3 heteroatoms. The van der Waals surface area contributed by atoms with E-state index in [1.807, 2.05) is 0 Å². The van der Waals surface area contributed by atoms with Crippen LogP contribution in [-0.4, -0.2) is 5.78 Å². The molecule has 1 aliphatic rings. The van der Waals surface area contributed by atoms with Crippen molar-refractivity contribution in [1.29, 1.82) is 0 Å². The molecule has 1 unspecified atom stereocenters. The smallest absolute Gasteiger partial charge is 0.140 e. The van der Waals surface area contributed by atoms with Gasteiger partial charge in [-0.15, -0.1) is 0 Å². The van der Waals surface area contributed by atoms with Crippen molar-refractivity contribution in [2.24, 2.45) is 11.3 Å². The summed E-state index contributed by atoms with van der Waals surface area (Å²) in [4.78, 5) is 12.4. The first-order chi connectivity index (χ1) is 8.40. The summed E-state index contributed by atoms with van der Waals surface area (Å²) in [5.41, 5.74) is 0.971. The molecule has 1 aromatic rings. The maximum absolute atomic E-state index is 12.4. The molecule has 0 heterocycles. The van der Waals surface area contributed by atoms with Crippen LogP contribution in [0.15, 0.2) is 18.2 Å². The van der Waals surface area contributed by atoms with Crippen molar-refractivity contribution in [3.8, 4) is 0 Å². The average molecular weight is 285 g/mol. The van der Waals surface area contributed by atoms with Gasteiger partial charge >= 0.3 is 0 Å². The topological polar surface area (TPSA) is 17.1 Å². The molecule has 0 N–H and O–H groups in total. The van der Waals surface area contributed by atoms with E-state index in [1.165, 1.54) is 0 Å². The highest BCUT2D eigenvalue weighted by Gasteiger charge is 2.38. The Hall–Kier alpha value is -0.530. The summed E-state index contributed by atoms with van der Waals surface area (Å²) in [6.07, 6.45) is 3.68. The van der Waals surface area contributed by atoms with Gasteiger partial charge in [-0.2, -0.15) is 0 Å². The Balaban J connectivity index is 2.14. The predicted molar refractivity (Wildman–Crippen MR) is 76.3 cm³/mol. The van der Waals surface area contributed by atoms with Crippen molar-refractivity contribution in [2.75, 3.05) is 0 Å². The van der Waals surface area contributed by atoms with E-state index in [-0.39, 0.29) is 11.3 Å². The van der Waals surface area contributed by atoms with Crippen LogP contribution in [0.3, 0.4) is 0 Å². The van der Waals surface area contributed by atoms with Crippen molar-refractivity contribution in [3.63, 3.8) is 0 Å². The number of hydrogen-bond acceptors (Lipinski definition) is 1. The third-order valence-corrected chi connectivity index (χ3v) is 4.62. The van der Waals surface area contributed by atoms with Crippen molar-refractivity contribution in [2.45, 2.75) is 39.5 Å². The molecule has 18 heavy (non-hydrogen) atoms. The quantitative estimate of drug-likeness (QED) is 0.769. The highest BCUT2D eigenvalue weighted by atomic mass is 35.5. The Labute approximate surface area is 118 Å². The molecular formula is C15H18Cl2O. The Morgan fingerprint density at radius 3 is 2.72 bits per heavy atom. The fourth-order valence-electron chi connectivity index (χ4n) is 2.91. The molecule has 0 spiro atoms. The fourth-order valence-corrected chi connectivity index (χ4v) is 3.29. The number of ketones is 1. The Morgan fingerprint density at radius 1 is 1.39 bits per heavy atom. The van der Waals surface area contributed by atoms with Gasteiger partial charge in [0.25, 0.3) is 0 Å². The van der Waals surface area contributed by atoms with Crippen molar-refractivity contribution in [1.82, 2.24) is 0 Å². The zero-order valence-electron chi connectivity index (χ0n) is 10.8. The van der Waals surface area contributed by atoms with Gasteiger partial charge in [-0.05, 0) is 42.0 Å². The van der Waals surface area contributed by atoms with E-state index in [0.717, 1.165) is 24.8 Å². The van der Waals surface area contributed by atoms with Crippen LogP contribution in [0.4, 0.5) is 0 Å². The minimum Gasteiger partial charge on any atom is -0.299 e. The number of carbonyl (C=O) groups excluding carboxylic acids is 1. The maximum atomic E-state index is 12.4. The number of benzene rings is 1. The molecule has 0 aromatic heterocycles. The Morgan fingerprint density at radius 2 is 2.11 bits per heavy atom. The van der Waals surface area contributed by atoms with Gasteiger partial charge in [-0.25, -0.2) is 0 Å². The highest BCUT2D eigenvalue weighted by Crippen LogP contribution is 2.43. The summed E-state index contributed by atoms with van der Waals surface area (Å²) >= 11 is 12.1. The minimum absolute atomic E-state index is 0.127. The highest BCUT2D eigenvalue weighted by molar-refractivity contribution is 6.33. The molecule has 0 bridgehead atoms. The van der Waals surface area contributed by atoms with Gasteiger partial charge in [-0.3, -0.25) is 4.79 Å². The van der Waals surface area contributed by atoms with Crippen LogP contribution in [0.1, 0.15) is 38.7 Å². The molecule has 98 valence electrons. The van der Waals surface area contributed by atoms with Gasteiger partial charge in [0.1, 0.15) is 5.78 Å². The summed E-state index contributed by atoms with van der Waals surface area (Å²) in [5.74, 6) is 0.453. The van der Waals surface area contributed by atoms with E-state index in [1.54, 1.807) is 18.2 Å². The standard InChI is InChI=1S/C15H18Cl2O/c1-15(2)7-3-4-12(15)14(18)9-10-8-11(16)5-6-13(10)17/h5-6,8,12H,3-4,7,9H2,1-2H3. The van der Waals surface area contributed by atoms with Gasteiger partial charge in [0.2, 0.25) is 0 Å². The number of rotatable bonds is 3. The first kappa shape index (κ1) is 13.9. The van der Waals surface area contributed by atoms with Crippen LogP contribution in [-0.2, 0) is 11.2 Å². The molecule has 0 saturated heterocycles. The predicted octanol–water partition coefficient (Wildman–Crippen LogP) is 4.93. The lowest BCUT2D eigenvalue weighted by Crippen LogP contribution is -2.27. The first-order valence-corrected chi connectivity index (χ1v) is 7.12. The van der Waals surface area contributed by atoms with Crippen LogP contribution >= 0.6 is 23.2 Å². The fraction of sp³-hybridized carbons (Fsp3) is 0.533. The van der Waals surface area contributed by atoms with Gasteiger partial charge in [0.15, 0.2) is 0 Å². The van der Waals surface area contributed by atoms with Crippen LogP contribution in [0, 0.1) is 11.3 Å². The first-order valence-electron chi connectivity index (χ1n) is 6.37. The number of hydrogen-bond donors (Lipinski definition) is 0. The summed E-state index contributed by atoms with van der Waals surface area (Å²) < 4.78 is 0. The zero-order chi connectivity index (χ0) is 13.3. The monoisotopic (exact) mass is 284 g/mol. The van der Waals surface area contributed by atoms with Crippen LogP contribution in [0.5, 0.6) is 0 Å². The van der Waals surface area contributed by atoms with Crippen LogP contribution in [0.2, 0.25) is 10.0 Å². The molecule has 1 nitrogen and oxygen atoms in total. The molecule has 0 amide bonds. The maximum Gasteiger partial charge on any atom is 0.140 e. The summed E-state index contributed by atoms with van der Waals surface area (Å²) in [6.45, 7) is 4.37.